The summed E-state index contributed by atoms with van der Waals surface area (Å²) in [6.45, 7) is 27.0. The number of rotatable bonds is 15. The summed E-state index contributed by atoms with van der Waals surface area (Å²) >= 11 is 0. The van der Waals surface area contributed by atoms with Crippen molar-refractivity contribution in [2.75, 3.05) is 0 Å². The summed E-state index contributed by atoms with van der Waals surface area (Å²) in [5.41, 5.74) is 7.27. The van der Waals surface area contributed by atoms with Crippen molar-refractivity contribution >= 4 is 8.60 Å². The predicted molar refractivity (Wildman–Crippen MR) is 200 cm³/mol. The maximum absolute atomic E-state index is 6.89. The van der Waals surface area contributed by atoms with E-state index in [9.17, 15) is 0 Å². The Balaban J connectivity index is 2.13. The molecule has 0 aromatic heterocycles. The van der Waals surface area contributed by atoms with Gasteiger partial charge in [0.1, 0.15) is 17.2 Å². The van der Waals surface area contributed by atoms with Gasteiger partial charge in [0.25, 0.3) is 0 Å². The summed E-state index contributed by atoms with van der Waals surface area (Å²) in [6, 6.07) is 20.0. The summed E-state index contributed by atoms with van der Waals surface area (Å²) in [5, 5.41) is 0. The van der Waals surface area contributed by atoms with Gasteiger partial charge in [-0.2, -0.15) is 0 Å². The maximum atomic E-state index is 6.89. The van der Waals surface area contributed by atoms with Gasteiger partial charge in [-0.1, -0.05) is 139 Å². The molecule has 0 aliphatic rings. The van der Waals surface area contributed by atoms with Crippen LogP contribution in [0.25, 0.3) is 0 Å². The average molecular weight is 647 g/mol. The lowest BCUT2D eigenvalue weighted by molar-refractivity contribution is 0.372. The lowest BCUT2D eigenvalue weighted by atomic mass is 9.85. The molecule has 0 saturated heterocycles. The summed E-state index contributed by atoms with van der Waals surface area (Å²) in [5.74, 6) is 2.48. The quantitative estimate of drug-likeness (QED) is 0.154. The van der Waals surface area contributed by atoms with Crippen LogP contribution in [0.2, 0.25) is 0 Å². The van der Waals surface area contributed by atoms with E-state index in [1.54, 1.807) is 0 Å². The second-order valence-electron chi connectivity index (χ2n) is 16.0. The van der Waals surface area contributed by atoms with Gasteiger partial charge in [0.05, 0.1) is 0 Å². The predicted octanol–water partition coefficient (Wildman–Crippen LogP) is 13.4. The van der Waals surface area contributed by atoms with Gasteiger partial charge in [0.2, 0.25) is 0 Å². The number of aryl methyl sites for hydroxylation is 3. The zero-order valence-electron chi connectivity index (χ0n) is 31.2. The van der Waals surface area contributed by atoms with Gasteiger partial charge in [0, 0.05) is 16.7 Å². The topological polar surface area (TPSA) is 27.7 Å². The van der Waals surface area contributed by atoms with Crippen LogP contribution in [0.15, 0.2) is 54.6 Å². The highest BCUT2D eigenvalue weighted by atomic mass is 31.2. The van der Waals surface area contributed by atoms with E-state index >= 15 is 0 Å². The molecule has 4 heteroatoms. The van der Waals surface area contributed by atoms with Crippen LogP contribution in [0.1, 0.15) is 155 Å². The number of benzene rings is 3. The molecule has 3 aromatic carbocycles. The Labute approximate surface area is 283 Å². The van der Waals surface area contributed by atoms with Crippen molar-refractivity contribution in [1.82, 2.24) is 0 Å². The highest BCUT2D eigenvalue weighted by Crippen LogP contribution is 2.49. The fourth-order valence-corrected chi connectivity index (χ4v) is 6.71. The van der Waals surface area contributed by atoms with Gasteiger partial charge in [-0.15, -0.1) is 0 Å². The smallest absolute Gasteiger partial charge is 0.408 e. The van der Waals surface area contributed by atoms with Crippen molar-refractivity contribution in [2.45, 2.75) is 157 Å². The molecule has 0 radical (unpaired) electrons. The third-order valence-corrected chi connectivity index (χ3v) is 9.57. The molecule has 0 unspecified atom stereocenters. The Morgan fingerprint density at radius 3 is 0.913 bits per heavy atom. The standard InChI is InChI=1S/C42H63O3P/c1-13-16-19-31-22-25-37(34(28-31)40(4,5)6)43-46(44-38-26-23-32(20-17-14-2)29-35(38)41(7,8)9)45-39-27-24-33(21-18-15-3)30-36(39)42(10,11)12/h22-30H,13-21H2,1-12H3. The Kier molecular flexibility index (Phi) is 13.6. The van der Waals surface area contributed by atoms with Gasteiger partial charge in [0.15, 0.2) is 0 Å². The van der Waals surface area contributed by atoms with Crippen LogP contribution in [0, 0.1) is 0 Å². The fraction of sp³-hybridized carbons (Fsp3) is 0.571. The first-order valence-electron chi connectivity index (χ1n) is 17.8. The number of hydrogen-bond acceptors (Lipinski definition) is 3. The van der Waals surface area contributed by atoms with Crippen LogP contribution in [0.3, 0.4) is 0 Å². The summed E-state index contributed by atoms with van der Waals surface area (Å²) in [7, 11) is -1.84. The van der Waals surface area contributed by atoms with Crippen molar-refractivity contribution in [3.63, 3.8) is 0 Å². The molecule has 3 aromatic rings. The van der Waals surface area contributed by atoms with Gasteiger partial charge in [-0.25, -0.2) is 0 Å². The van der Waals surface area contributed by atoms with E-state index in [-0.39, 0.29) is 16.2 Å². The van der Waals surface area contributed by atoms with E-state index in [0.717, 1.165) is 36.5 Å². The van der Waals surface area contributed by atoms with E-state index in [1.807, 2.05) is 0 Å². The van der Waals surface area contributed by atoms with E-state index in [2.05, 4.69) is 138 Å². The molecule has 0 spiro atoms. The molecule has 0 aliphatic carbocycles. The summed E-state index contributed by atoms with van der Waals surface area (Å²) in [4.78, 5) is 0. The van der Waals surface area contributed by atoms with Crippen molar-refractivity contribution in [3.8, 4) is 17.2 Å². The summed E-state index contributed by atoms with van der Waals surface area (Å²) < 4.78 is 20.7. The van der Waals surface area contributed by atoms with Gasteiger partial charge < -0.3 is 13.6 Å². The van der Waals surface area contributed by atoms with E-state index in [4.69, 9.17) is 13.6 Å². The molecule has 0 saturated carbocycles. The third kappa shape index (κ3) is 11.0. The molecule has 0 N–H and O–H groups in total. The second-order valence-corrected chi connectivity index (χ2v) is 17.0. The molecule has 254 valence electrons. The first-order valence-corrected chi connectivity index (χ1v) is 18.9. The monoisotopic (exact) mass is 646 g/mol. The van der Waals surface area contributed by atoms with Crippen LogP contribution >= 0.6 is 8.60 Å². The van der Waals surface area contributed by atoms with Crippen molar-refractivity contribution in [3.05, 3.63) is 88.0 Å². The molecule has 0 fully saturated rings. The second kappa shape index (κ2) is 16.5. The molecule has 0 amide bonds. The Hall–Kier alpha value is -2.51. The minimum atomic E-state index is -1.84. The van der Waals surface area contributed by atoms with Crippen molar-refractivity contribution in [1.29, 1.82) is 0 Å². The normalized spacial score (nSPS) is 12.5. The van der Waals surface area contributed by atoms with Crippen LogP contribution in [0.5, 0.6) is 17.2 Å². The third-order valence-electron chi connectivity index (χ3n) is 8.53. The first-order chi connectivity index (χ1) is 21.6. The van der Waals surface area contributed by atoms with Gasteiger partial charge in [-0.05, 0) is 89.7 Å². The van der Waals surface area contributed by atoms with Crippen LogP contribution in [-0.2, 0) is 35.5 Å². The SMILES string of the molecule is CCCCc1ccc(OP(Oc2ccc(CCCC)cc2C(C)(C)C)Oc2ccc(CCCC)cc2C(C)(C)C)c(C(C)(C)C)c1. The van der Waals surface area contributed by atoms with E-state index in [0.29, 0.717) is 0 Å². The van der Waals surface area contributed by atoms with Crippen LogP contribution < -0.4 is 13.6 Å². The molecular formula is C42H63O3P. The minimum absolute atomic E-state index is 0.104. The number of unbranched alkanes of at least 4 members (excludes halogenated alkanes) is 3. The molecule has 0 atom stereocenters. The van der Waals surface area contributed by atoms with Crippen LogP contribution in [0.4, 0.5) is 0 Å². The summed E-state index contributed by atoms with van der Waals surface area (Å²) in [6.07, 6.45) is 10.3. The van der Waals surface area contributed by atoms with Crippen LogP contribution in [-0.4, -0.2) is 0 Å². The lowest BCUT2D eigenvalue weighted by Crippen LogP contribution is -2.17. The molecule has 46 heavy (non-hydrogen) atoms. The highest BCUT2D eigenvalue weighted by Gasteiger charge is 2.31. The molecule has 0 heterocycles. The number of hydrogen-bond donors (Lipinski definition) is 0. The van der Waals surface area contributed by atoms with E-state index in [1.165, 1.54) is 71.9 Å². The minimum Gasteiger partial charge on any atom is -0.408 e. The van der Waals surface area contributed by atoms with E-state index < -0.39 is 8.60 Å². The molecular weight excluding hydrogens is 583 g/mol. The maximum Gasteiger partial charge on any atom is 0.530 e. The highest BCUT2D eigenvalue weighted by molar-refractivity contribution is 7.43. The van der Waals surface area contributed by atoms with Crippen molar-refractivity contribution < 1.29 is 13.6 Å². The first kappa shape index (κ1) is 37.9. The van der Waals surface area contributed by atoms with Gasteiger partial charge in [-0.3, -0.25) is 0 Å². The van der Waals surface area contributed by atoms with Crippen molar-refractivity contribution in [2.24, 2.45) is 0 Å². The molecule has 3 nitrogen and oxygen atoms in total. The Morgan fingerprint density at radius 2 is 0.696 bits per heavy atom. The Morgan fingerprint density at radius 1 is 0.435 bits per heavy atom. The fourth-order valence-electron chi connectivity index (χ4n) is 5.63. The zero-order chi connectivity index (χ0) is 34.1. The molecule has 0 aliphatic heterocycles. The zero-order valence-corrected chi connectivity index (χ0v) is 32.1. The largest absolute Gasteiger partial charge is 0.530 e. The molecule has 0 bridgehead atoms. The Bertz CT molecular complexity index is 1220. The average Bonchev–Trinajstić information content (AvgIpc) is 2.97. The van der Waals surface area contributed by atoms with Gasteiger partial charge >= 0.3 is 8.60 Å². The molecule has 3 rings (SSSR count). The lowest BCUT2D eigenvalue weighted by Gasteiger charge is -2.29.